The van der Waals surface area contributed by atoms with Gasteiger partial charge in [-0.1, -0.05) is 70.5 Å². The average molecular weight is 525 g/mol. The molecule has 0 aromatic heterocycles. The van der Waals surface area contributed by atoms with Crippen LogP contribution < -0.4 is 5.32 Å². The molecule has 0 fully saturated rings. The first-order chi connectivity index (χ1) is 16.1. The third-order valence-electron chi connectivity index (χ3n) is 5.30. The van der Waals surface area contributed by atoms with Gasteiger partial charge in [-0.25, -0.2) is 4.39 Å². The van der Waals surface area contributed by atoms with Gasteiger partial charge in [-0.05, 0) is 61.7 Å². The van der Waals surface area contributed by atoms with Gasteiger partial charge in [0.05, 0.1) is 6.42 Å². The van der Waals surface area contributed by atoms with E-state index in [9.17, 15) is 14.0 Å². The summed E-state index contributed by atoms with van der Waals surface area (Å²) in [6, 6.07) is 22.6. The molecule has 1 N–H and O–H groups in total. The molecule has 0 aliphatic carbocycles. The number of carbonyl (C=O) groups excluding carboxylic acids is 2. The third kappa shape index (κ3) is 7.80. The Morgan fingerprint density at radius 1 is 0.882 bits per heavy atom. The summed E-state index contributed by atoms with van der Waals surface area (Å²) in [5, 5.41) is 3.05. The number of hydrogen-bond acceptors (Lipinski definition) is 2. The Morgan fingerprint density at radius 2 is 1.47 bits per heavy atom. The second-order valence-electron chi connectivity index (χ2n) is 9.40. The summed E-state index contributed by atoms with van der Waals surface area (Å²) in [6.07, 6.45) is 0.458. The summed E-state index contributed by atoms with van der Waals surface area (Å²) < 4.78 is 14.3. The molecule has 1 atom stereocenters. The standard InChI is InChI=1S/C28H30BrFN2O2/c1-28(2,3)31-27(34)25(17-20-7-5-4-6-8-20)32(19-22-9-13-23(29)14-10-22)26(33)18-21-11-15-24(30)16-12-21/h4-16,25H,17-19H2,1-3H3,(H,31,34)/t25-/m0/s1. The van der Waals surface area contributed by atoms with Crippen molar-refractivity contribution in [2.75, 3.05) is 0 Å². The maximum Gasteiger partial charge on any atom is 0.243 e. The molecule has 0 aliphatic rings. The van der Waals surface area contributed by atoms with Crippen molar-refractivity contribution < 1.29 is 14.0 Å². The largest absolute Gasteiger partial charge is 0.350 e. The molecule has 34 heavy (non-hydrogen) atoms. The molecular formula is C28H30BrFN2O2. The molecule has 0 saturated carbocycles. The van der Waals surface area contributed by atoms with E-state index in [-0.39, 0.29) is 30.6 Å². The van der Waals surface area contributed by atoms with Gasteiger partial charge in [-0.15, -0.1) is 0 Å². The summed E-state index contributed by atoms with van der Waals surface area (Å²) in [5.74, 6) is -0.755. The fraction of sp³-hybridized carbons (Fsp3) is 0.286. The van der Waals surface area contributed by atoms with E-state index in [0.29, 0.717) is 12.0 Å². The Kier molecular flexibility index (Phi) is 8.61. The van der Waals surface area contributed by atoms with Crippen LogP contribution in [-0.4, -0.2) is 28.3 Å². The van der Waals surface area contributed by atoms with Crippen molar-refractivity contribution in [1.82, 2.24) is 10.2 Å². The normalized spacial score (nSPS) is 12.1. The van der Waals surface area contributed by atoms with Gasteiger partial charge in [0.2, 0.25) is 11.8 Å². The lowest BCUT2D eigenvalue weighted by atomic mass is 10.00. The minimum absolute atomic E-state index is 0.0743. The maximum absolute atomic E-state index is 13.6. The number of nitrogens with one attached hydrogen (secondary N) is 1. The zero-order chi connectivity index (χ0) is 24.7. The van der Waals surface area contributed by atoms with E-state index < -0.39 is 11.6 Å². The van der Waals surface area contributed by atoms with Crippen molar-refractivity contribution in [1.29, 1.82) is 0 Å². The highest BCUT2D eigenvalue weighted by Gasteiger charge is 2.32. The molecule has 6 heteroatoms. The van der Waals surface area contributed by atoms with Gasteiger partial charge < -0.3 is 10.2 Å². The summed E-state index contributed by atoms with van der Waals surface area (Å²) in [7, 11) is 0. The number of amides is 2. The van der Waals surface area contributed by atoms with Gasteiger partial charge in [0.15, 0.2) is 0 Å². The third-order valence-corrected chi connectivity index (χ3v) is 5.83. The number of carbonyl (C=O) groups is 2. The fourth-order valence-corrected chi connectivity index (χ4v) is 3.94. The van der Waals surface area contributed by atoms with Crippen LogP contribution in [0, 0.1) is 5.82 Å². The summed E-state index contributed by atoms with van der Waals surface area (Å²) in [5.41, 5.74) is 2.13. The molecule has 0 radical (unpaired) electrons. The lowest BCUT2D eigenvalue weighted by Crippen LogP contribution is -2.54. The first-order valence-electron chi connectivity index (χ1n) is 11.2. The molecular weight excluding hydrogens is 495 g/mol. The van der Waals surface area contributed by atoms with E-state index in [1.165, 1.54) is 12.1 Å². The van der Waals surface area contributed by atoms with Crippen molar-refractivity contribution in [2.45, 2.75) is 51.7 Å². The first kappa shape index (κ1) is 25.6. The van der Waals surface area contributed by atoms with Crippen LogP contribution in [0.25, 0.3) is 0 Å². The minimum Gasteiger partial charge on any atom is -0.350 e. The highest BCUT2D eigenvalue weighted by molar-refractivity contribution is 9.10. The highest BCUT2D eigenvalue weighted by Crippen LogP contribution is 2.19. The molecule has 0 bridgehead atoms. The van der Waals surface area contributed by atoms with Crippen LogP contribution in [0.15, 0.2) is 83.3 Å². The number of nitrogens with zero attached hydrogens (tertiary/aromatic N) is 1. The van der Waals surface area contributed by atoms with E-state index in [1.54, 1.807) is 17.0 Å². The van der Waals surface area contributed by atoms with Crippen molar-refractivity contribution in [3.05, 3.63) is 106 Å². The van der Waals surface area contributed by atoms with Gasteiger partial charge in [0.1, 0.15) is 11.9 Å². The number of halogens is 2. The maximum atomic E-state index is 13.6. The number of hydrogen-bond donors (Lipinski definition) is 1. The zero-order valence-electron chi connectivity index (χ0n) is 19.7. The van der Waals surface area contributed by atoms with Gasteiger partial charge in [-0.3, -0.25) is 9.59 Å². The summed E-state index contributed by atoms with van der Waals surface area (Å²) in [4.78, 5) is 28.7. The van der Waals surface area contributed by atoms with Crippen LogP contribution in [-0.2, 0) is 29.0 Å². The van der Waals surface area contributed by atoms with Gasteiger partial charge >= 0.3 is 0 Å². The van der Waals surface area contributed by atoms with Crippen molar-refractivity contribution in [2.24, 2.45) is 0 Å². The SMILES string of the molecule is CC(C)(C)NC(=O)[C@H](Cc1ccccc1)N(Cc1ccc(Br)cc1)C(=O)Cc1ccc(F)cc1. The highest BCUT2D eigenvalue weighted by atomic mass is 79.9. The summed E-state index contributed by atoms with van der Waals surface area (Å²) >= 11 is 3.44. The van der Waals surface area contributed by atoms with Crippen LogP contribution >= 0.6 is 15.9 Å². The van der Waals surface area contributed by atoms with E-state index in [2.05, 4.69) is 21.2 Å². The van der Waals surface area contributed by atoms with Crippen LogP contribution in [0.4, 0.5) is 4.39 Å². The van der Waals surface area contributed by atoms with E-state index >= 15 is 0 Å². The second-order valence-corrected chi connectivity index (χ2v) is 10.3. The summed E-state index contributed by atoms with van der Waals surface area (Å²) in [6.45, 7) is 6.04. The molecule has 0 unspecified atom stereocenters. The molecule has 0 spiro atoms. The minimum atomic E-state index is -0.710. The van der Waals surface area contributed by atoms with Crippen LogP contribution in [0.1, 0.15) is 37.5 Å². The molecule has 0 saturated heterocycles. The fourth-order valence-electron chi connectivity index (χ4n) is 3.67. The lowest BCUT2D eigenvalue weighted by molar-refractivity contribution is -0.141. The Hall–Kier alpha value is -2.99. The van der Waals surface area contributed by atoms with Gasteiger partial charge in [0.25, 0.3) is 0 Å². The Labute approximate surface area is 209 Å². The molecule has 0 aliphatic heterocycles. The molecule has 3 rings (SSSR count). The lowest BCUT2D eigenvalue weighted by Gasteiger charge is -2.34. The number of rotatable bonds is 8. The topological polar surface area (TPSA) is 49.4 Å². The molecule has 0 heterocycles. The monoisotopic (exact) mass is 524 g/mol. The Morgan fingerprint density at radius 3 is 2.06 bits per heavy atom. The molecule has 3 aromatic carbocycles. The van der Waals surface area contributed by atoms with E-state index in [1.807, 2.05) is 75.4 Å². The van der Waals surface area contributed by atoms with Crippen molar-refractivity contribution >= 4 is 27.7 Å². The average Bonchev–Trinajstić information content (AvgIpc) is 2.78. The van der Waals surface area contributed by atoms with E-state index in [4.69, 9.17) is 0 Å². The predicted octanol–water partition coefficient (Wildman–Crippen LogP) is 5.69. The second kappa shape index (κ2) is 11.4. The molecule has 3 aromatic rings. The molecule has 4 nitrogen and oxygen atoms in total. The van der Waals surface area contributed by atoms with Gasteiger partial charge in [0, 0.05) is 23.0 Å². The van der Waals surface area contributed by atoms with Crippen LogP contribution in [0.5, 0.6) is 0 Å². The molecule has 178 valence electrons. The van der Waals surface area contributed by atoms with E-state index in [0.717, 1.165) is 15.6 Å². The van der Waals surface area contributed by atoms with Crippen molar-refractivity contribution in [3.63, 3.8) is 0 Å². The van der Waals surface area contributed by atoms with Crippen molar-refractivity contribution in [3.8, 4) is 0 Å². The Bertz CT molecular complexity index is 1090. The molecule has 2 amide bonds. The quantitative estimate of drug-likeness (QED) is 0.411. The first-order valence-corrected chi connectivity index (χ1v) is 12.0. The number of benzene rings is 3. The zero-order valence-corrected chi connectivity index (χ0v) is 21.3. The smallest absolute Gasteiger partial charge is 0.243 e. The Balaban J connectivity index is 1.97. The van der Waals surface area contributed by atoms with Gasteiger partial charge in [-0.2, -0.15) is 0 Å². The predicted molar refractivity (Wildman–Crippen MR) is 137 cm³/mol. The van der Waals surface area contributed by atoms with Crippen LogP contribution in [0.3, 0.4) is 0 Å². The van der Waals surface area contributed by atoms with Crippen LogP contribution in [0.2, 0.25) is 0 Å².